The van der Waals surface area contributed by atoms with Crippen LogP contribution in [0.1, 0.15) is 31.6 Å². The minimum absolute atomic E-state index is 0.451. The van der Waals surface area contributed by atoms with Crippen molar-refractivity contribution in [2.75, 3.05) is 20.3 Å². The lowest BCUT2D eigenvalue weighted by atomic mass is 10.0. The van der Waals surface area contributed by atoms with Gasteiger partial charge in [0.2, 0.25) is 0 Å². The van der Waals surface area contributed by atoms with Gasteiger partial charge in [0.05, 0.1) is 6.61 Å². The average Bonchev–Trinajstić information content (AvgIpc) is 2.76. The van der Waals surface area contributed by atoms with E-state index < -0.39 is 0 Å². The lowest BCUT2D eigenvalue weighted by molar-refractivity contribution is 0.146. The maximum atomic E-state index is 5.23. The van der Waals surface area contributed by atoms with E-state index in [4.69, 9.17) is 4.74 Å². The van der Waals surface area contributed by atoms with E-state index >= 15 is 0 Å². The van der Waals surface area contributed by atoms with Crippen LogP contribution < -0.4 is 5.32 Å². The Morgan fingerprint density at radius 2 is 2.12 bits per heavy atom. The predicted molar refractivity (Wildman–Crippen MR) is 71.2 cm³/mol. The Hall–Kier alpha value is -0.380. The second kappa shape index (κ2) is 7.05. The van der Waals surface area contributed by atoms with Crippen LogP contribution in [0, 0.1) is 5.92 Å². The zero-order valence-electron chi connectivity index (χ0n) is 10.7. The number of ether oxygens (including phenoxy) is 1. The zero-order chi connectivity index (χ0) is 12.0. The molecule has 0 bridgehead atoms. The largest absolute Gasteiger partial charge is 0.383 e. The lowest BCUT2D eigenvalue weighted by Crippen LogP contribution is -2.39. The third kappa shape index (κ3) is 4.24. The molecule has 1 heterocycles. The molecule has 2 atom stereocenters. The highest BCUT2D eigenvalue weighted by molar-refractivity contribution is 7.10. The van der Waals surface area contributed by atoms with E-state index in [0.29, 0.717) is 17.9 Å². The van der Waals surface area contributed by atoms with Gasteiger partial charge in [-0.05, 0) is 17.4 Å². The smallest absolute Gasteiger partial charge is 0.0618 e. The number of thiophene rings is 1. The lowest BCUT2D eigenvalue weighted by Gasteiger charge is -2.23. The molecule has 92 valence electrons. The van der Waals surface area contributed by atoms with E-state index in [2.05, 4.69) is 43.6 Å². The van der Waals surface area contributed by atoms with Gasteiger partial charge < -0.3 is 10.1 Å². The molecule has 0 aromatic carbocycles. The van der Waals surface area contributed by atoms with Crippen LogP contribution in [0.2, 0.25) is 0 Å². The Kier molecular flexibility index (Phi) is 6.03. The summed E-state index contributed by atoms with van der Waals surface area (Å²) in [5, 5.41) is 5.73. The van der Waals surface area contributed by atoms with Crippen LogP contribution in [0.25, 0.3) is 0 Å². The van der Waals surface area contributed by atoms with Gasteiger partial charge in [0.1, 0.15) is 0 Å². The van der Waals surface area contributed by atoms with Gasteiger partial charge in [-0.25, -0.2) is 0 Å². The second-order valence-electron chi connectivity index (χ2n) is 4.63. The summed E-state index contributed by atoms with van der Waals surface area (Å²) < 4.78 is 5.23. The molecule has 0 aliphatic rings. The number of nitrogens with one attached hydrogen (secondary N) is 1. The quantitative estimate of drug-likeness (QED) is 0.792. The molecule has 0 radical (unpaired) electrons. The Bertz CT molecular complexity index is 271. The summed E-state index contributed by atoms with van der Waals surface area (Å²) in [6.07, 6.45) is 0. The van der Waals surface area contributed by atoms with Crippen LogP contribution >= 0.6 is 11.3 Å². The molecular formula is C13H23NOS. The molecule has 0 spiro atoms. The zero-order valence-corrected chi connectivity index (χ0v) is 11.5. The van der Waals surface area contributed by atoms with Gasteiger partial charge in [-0.2, -0.15) is 0 Å². The van der Waals surface area contributed by atoms with Crippen molar-refractivity contribution in [2.45, 2.75) is 32.7 Å². The first kappa shape index (κ1) is 13.7. The Morgan fingerprint density at radius 1 is 1.38 bits per heavy atom. The SMILES string of the molecule is COCC(NCC(C)c1cccs1)C(C)C. The molecule has 0 fully saturated rings. The molecule has 1 aromatic rings. The first-order chi connectivity index (χ1) is 7.65. The topological polar surface area (TPSA) is 21.3 Å². The van der Waals surface area contributed by atoms with Crippen LogP contribution in [0.5, 0.6) is 0 Å². The first-order valence-electron chi connectivity index (χ1n) is 5.90. The van der Waals surface area contributed by atoms with Crippen LogP contribution in [0.15, 0.2) is 17.5 Å². The van der Waals surface area contributed by atoms with Crippen LogP contribution in [-0.2, 0) is 4.74 Å². The van der Waals surface area contributed by atoms with Gasteiger partial charge in [0.15, 0.2) is 0 Å². The minimum Gasteiger partial charge on any atom is -0.383 e. The van der Waals surface area contributed by atoms with Gasteiger partial charge >= 0.3 is 0 Å². The molecule has 0 aliphatic heterocycles. The predicted octanol–water partition coefficient (Wildman–Crippen LogP) is 3.11. The molecule has 1 rings (SSSR count). The number of rotatable bonds is 7. The number of methoxy groups -OCH3 is 1. The molecule has 0 saturated carbocycles. The van der Waals surface area contributed by atoms with E-state index in [9.17, 15) is 0 Å². The van der Waals surface area contributed by atoms with Crippen molar-refractivity contribution in [3.63, 3.8) is 0 Å². The molecule has 3 heteroatoms. The maximum absolute atomic E-state index is 5.23. The molecule has 1 N–H and O–H groups in total. The van der Waals surface area contributed by atoms with Crippen molar-refractivity contribution >= 4 is 11.3 Å². The Morgan fingerprint density at radius 3 is 2.62 bits per heavy atom. The molecule has 1 aromatic heterocycles. The molecule has 16 heavy (non-hydrogen) atoms. The fourth-order valence-electron chi connectivity index (χ4n) is 1.67. The highest BCUT2D eigenvalue weighted by Gasteiger charge is 2.14. The van der Waals surface area contributed by atoms with Crippen molar-refractivity contribution in [3.05, 3.63) is 22.4 Å². The highest BCUT2D eigenvalue weighted by atomic mass is 32.1. The summed E-state index contributed by atoms with van der Waals surface area (Å²) in [5.41, 5.74) is 0. The Labute approximate surface area is 103 Å². The van der Waals surface area contributed by atoms with Gasteiger partial charge in [0.25, 0.3) is 0 Å². The minimum atomic E-state index is 0.451. The number of hydrogen-bond donors (Lipinski definition) is 1. The van der Waals surface area contributed by atoms with E-state index in [0.717, 1.165) is 13.2 Å². The van der Waals surface area contributed by atoms with E-state index in [-0.39, 0.29) is 0 Å². The summed E-state index contributed by atoms with van der Waals surface area (Å²) in [4.78, 5) is 1.45. The third-order valence-corrected chi connectivity index (χ3v) is 3.97. The molecular weight excluding hydrogens is 218 g/mol. The van der Waals surface area contributed by atoms with Crippen molar-refractivity contribution in [2.24, 2.45) is 5.92 Å². The Balaban J connectivity index is 2.37. The summed E-state index contributed by atoms with van der Waals surface area (Å²) >= 11 is 1.83. The van der Waals surface area contributed by atoms with Crippen molar-refractivity contribution in [3.8, 4) is 0 Å². The first-order valence-corrected chi connectivity index (χ1v) is 6.78. The van der Waals surface area contributed by atoms with E-state index in [1.165, 1.54) is 4.88 Å². The molecule has 2 unspecified atom stereocenters. The van der Waals surface area contributed by atoms with Gasteiger partial charge in [-0.15, -0.1) is 11.3 Å². The highest BCUT2D eigenvalue weighted by Crippen LogP contribution is 2.20. The van der Waals surface area contributed by atoms with Crippen LogP contribution in [-0.4, -0.2) is 26.3 Å². The number of hydrogen-bond acceptors (Lipinski definition) is 3. The fraction of sp³-hybridized carbons (Fsp3) is 0.692. The molecule has 0 amide bonds. The molecule has 0 aliphatic carbocycles. The molecule has 2 nitrogen and oxygen atoms in total. The summed E-state index contributed by atoms with van der Waals surface area (Å²) in [6.45, 7) is 8.53. The van der Waals surface area contributed by atoms with Gasteiger partial charge in [-0.3, -0.25) is 0 Å². The summed E-state index contributed by atoms with van der Waals surface area (Å²) in [7, 11) is 1.76. The normalized spacial score (nSPS) is 15.3. The van der Waals surface area contributed by atoms with Crippen molar-refractivity contribution in [1.82, 2.24) is 5.32 Å². The monoisotopic (exact) mass is 241 g/mol. The molecule has 0 saturated heterocycles. The van der Waals surface area contributed by atoms with Gasteiger partial charge in [0, 0.05) is 30.5 Å². The average molecular weight is 241 g/mol. The fourth-order valence-corrected chi connectivity index (χ4v) is 2.45. The van der Waals surface area contributed by atoms with Crippen LogP contribution in [0.4, 0.5) is 0 Å². The second-order valence-corrected chi connectivity index (χ2v) is 5.61. The van der Waals surface area contributed by atoms with Crippen molar-refractivity contribution in [1.29, 1.82) is 0 Å². The van der Waals surface area contributed by atoms with Crippen LogP contribution in [0.3, 0.4) is 0 Å². The summed E-state index contributed by atoms with van der Waals surface area (Å²) in [6, 6.07) is 4.77. The third-order valence-electron chi connectivity index (χ3n) is 2.87. The van der Waals surface area contributed by atoms with Gasteiger partial charge in [-0.1, -0.05) is 26.8 Å². The van der Waals surface area contributed by atoms with E-state index in [1.807, 2.05) is 11.3 Å². The van der Waals surface area contributed by atoms with Crippen molar-refractivity contribution < 1.29 is 4.74 Å². The maximum Gasteiger partial charge on any atom is 0.0618 e. The van der Waals surface area contributed by atoms with E-state index in [1.54, 1.807) is 7.11 Å². The summed E-state index contributed by atoms with van der Waals surface area (Å²) in [5.74, 6) is 1.19. The standard InChI is InChI=1S/C13H23NOS/c1-10(2)12(9-15-4)14-8-11(3)13-6-5-7-16-13/h5-7,10-12,14H,8-9H2,1-4H3.